The summed E-state index contributed by atoms with van der Waals surface area (Å²) in [6.07, 6.45) is 4.02. The van der Waals surface area contributed by atoms with Gasteiger partial charge in [0, 0.05) is 43.5 Å². The Morgan fingerprint density at radius 2 is 2.27 bits per heavy atom. The lowest BCUT2D eigenvalue weighted by atomic mass is 9.98. The number of piperidine rings is 1. The van der Waals surface area contributed by atoms with Crippen LogP contribution in [0.3, 0.4) is 0 Å². The maximum Gasteiger partial charge on any atom is 0.324 e. The van der Waals surface area contributed by atoms with Crippen LogP contribution >= 0.6 is 11.3 Å². The van der Waals surface area contributed by atoms with Gasteiger partial charge in [0.1, 0.15) is 6.54 Å². The molecule has 2 aliphatic heterocycles. The van der Waals surface area contributed by atoms with Gasteiger partial charge in [0.15, 0.2) is 0 Å². The minimum atomic E-state index is -0.474. The maximum absolute atomic E-state index is 12.4. The average molecular weight is 322 g/mol. The predicted octanol–water partition coefficient (Wildman–Crippen LogP) is 0.791. The predicted molar refractivity (Wildman–Crippen MR) is 80.4 cm³/mol. The third-order valence-corrected chi connectivity index (χ3v) is 4.98. The van der Waals surface area contributed by atoms with E-state index in [1.165, 1.54) is 4.90 Å². The Kier molecular flexibility index (Phi) is 4.37. The second-order valence-corrected chi connectivity index (χ2v) is 6.50. The lowest BCUT2D eigenvalue weighted by Gasteiger charge is -2.34. The van der Waals surface area contributed by atoms with Crippen molar-refractivity contribution >= 4 is 29.2 Å². The zero-order valence-electron chi connectivity index (χ0n) is 12.2. The fraction of sp³-hybridized carbons (Fsp3) is 0.571. The Morgan fingerprint density at radius 1 is 1.41 bits per heavy atom. The first-order valence-corrected chi connectivity index (χ1v) is 8.27. The molecular formula is C14H18N4O3S. The molecule has 1 aromatic rings. The molecule has 4 amide bonds. The largest absolute Gasteiger partial charge is 0.340 e. The molecule has 2 saturated heterocycles. The zero-order valence-corrected chi connectivity index (χ0v) is 13.0. The van der Waals surface area contributed by atoms with Crippen LogP contribution in [0.25, 0.3) is 0 Å². The van der Waals surface area contributed by atoms with Crippen molar-refractivity contribution in [2.75, 3.05) is 26.2 Å². The number of hydrogen-bond acceptors (Lipinski definition) is 5. The van der Waals surface area contributed by atoms with Crippen LogP contribution in [-0.4, -0.2) is 58.8 Å². The molecule has 0 spiro atoms. The van der Waals surface area contributed by atoms with E-state index in [-0.39, 0.29) is 30.7 Å². The number of nitrogens with one attached hydrogen (secondary N) is 1. The van der Waals surface area contributed by atoms with Crippen LogP contribution in [0.4, 0.5) is 4.79 Å². The minimum absolute atomic E-state index is 0.0315. The Hall–Kier alpha value is -1.96. The Balaban J connectivity index is 1.58. The summed E-state index contributed by atoms with van der Waals surface area (Å²) in [6, 6.07) is -0.474. The number of amides is 4. The van der Waals surface area contributed by atoms with Crippen LogP contribution in [0.2, 0.25) is 0 Å². The van der Waals surface area contributed by atoms with Crippen molar-refractivity contribution in [1.82, 2.24) is 20.1 Å². The highest BCUT2D eigenvalue weighted by Crippen LogP contribution is 2.28. The molecule has 0 unspecified atom stereocenters. The molecule has 7 nitrogen and oxygen atoms in total. The first-order chi connectivity index (χ1) is 10.6. The van der Waals surface area contributed by atoms with Gasteiger partial charge in [-0.2, -0.15) is 0 Å². The molecule has 8 heteroatoms. The van der Waals surface area contributed by atoms with Crippen LogP contribution in [0.15, 0.2) is 11.6 Å². The van der Waals surface area contributed by atoms with E-state index in [0.717, 1.165) is 24.4 Å². The van der Waals surface area contributed by atoms with Gasteiger partial charge in [-0.05, 0) is 12.8 Å². The Labute approximate surface area is 132 Å². The third-order valence-electron chi connectivity index (χ3n) is 4.04. The first-order valence-electron chi connectivity index (χ1n) is 7.39. The lowest BCUT2D eigenvalue weighted by molar-refractivity contribution is -0.134. The summed E-state index contributed by atoms with van der Waals surface area (Å²) in [6.45, 7) is 1.71. The molecule has 118 valence electrons. The van der Waals surface area contributed by atoms with Gasteiger partial charge in [-0.15, -0.1) is 11.3 Å². The van der Waals surface area contributed by atoms with E-state index in [1.54, 1.807) is 22.4 Å². The molecule has 1 aromatic heterocycles. The van der Waals surface area contributed by atoms with Crippen molar-refractivity contribution in [1.29, 1.82) is 0 Å². The summed E-state index contributed by atoms with van der Waals surface area (Å²) in [4.78, 5) is 42.8. The number of carbonyl (C=O) groups is 3. The highest BCUT2D eigenvalue weighted by atomic mass is 32.1. The van der Waals surface area contributed by atoms with Crippen LogP contribution < -0.4 is 5.32 Å². The van der Waals surface area contributed by atoms with E-state index >= 15 is 0 Å². The molecular weight excluding hydrogens is 304 g/mol. The van der Waals surface area contributed by atoms with Crippen molar-refractivity contribution in [3.8, 4) is 0 Å². The fourth-order valence-electron chi connectivity index (χ4n) is 2.85. The molecule has 0 saturated carbocycles. The van der Waals surface area contributed by atoms with Crippen LogP contribution in [0.5, 0.6) is 0 Å². The lowest BCUT2D eigenvalue weighted by Crippen LogP contribution is -2.53. The number of likely N-dealkylation sites (tertiary alicyclic amines) is 1. The smallest absolute Gasteiger partial charge is 0.324 e. The van der Waals surface area contributed by atoms with Gasteiger partial charge < -0.3 is 9.80 Å². The molecule has 0 aliphatic carbocycles. The Morgan fingerprint density at radius 3 is 3.00 bits per heavy atom. The minimum Gasteiger partial charge on any atom is -0.340 e. The summed E-state index contributed by atoms with van der Waals surface area (Å²) in [5.74, 6) is -0.0595. The van der Waals surface area contributed by atoms with Crippen molar-refractivity contribution in [2.24, 2.45) is 0 Å². The number of nitrogens with zero attached hydrogens (tertiary/aromatic N) is 3. The third kappa shape index (κ3) is 3.27. The summed E-state index contributed by atoms with van der Waals surface area (Å²) in [5, 5.41) is 5.26. The van der Waals surface area contributed by atoms with E-state index < -0.39 is 6.03 Å². The molecule has 0 bridgehead atoms. The van der Waals surface area contributed by atoms with Gasteiger partial charge in [0.2, 0.25) is 11.8 Å². The molecule has 3 rings (SSSR count). The number of aromatic nitrogens is 1. The van der Waals surface area contributed by atoms with Gasteiger partial charge in [-0.25, -0.2) is 9.78 Å². The molecule has 3 heterocycles. The number of imide groups is 1. The fourth-order valence-corrected chi connectivity index (χ4v) is 3.62. The zero-order chi connectivity index (χ0) is 15.5. The van der Waals surface area contributed by atoms with Gasteiger partial charge >= 0.3 is 6.03 Å². The van der Waals surface area contributed by atoms with Crippen molar-refractivity contribution < 1.29 is 14.4 Å². The summed E-state index contributed by atoms with van der Waals surface area (Å²) in [5.41, 5.74) is 0. The van der Waals surface area contributed by atoms with E-state index in [1.807, 2.05) is 5.38 Å². The van der Waals surface area contributed by atoms with Gasteiger partial charge in [0.25, 0.3) is 0 Å². The molecule has 2 aliphatic rings. The molecule has 1 atom stereocenters. The first kappa shape index (κ1) is 15.0. The van der Waals surface area contributed by atoms with Crippen LogP contribution in [0, 0.1) is 0 Å². The second-order valence-electron chi connectivity index (χ2n) is 5.57. The van der Waals surface area contributed by atoms with E-state index in [4.69, 9.17) is 0 Å². The standard InChI is InChI=1S/C14H18N4O3S/c19-11-3-6-18(14(21)16-11)9-12(20)17-5-1-2-10(8-17)13-15-4-7-22-13/h4,7,10H,1-3,5-6,8-9H2,(H,16,19,21)/t10-/m1/s1. The monoisotopic (exact) mass is 322 g/mol. The quantitative estimate of drug-likeness (QED) is 0.892. The highest BCUT2D eigenvalue weighted by molar-refractivity contribution is 7.09. The summed E-state index contributed by atoms with van der Waals surface area (Å²) < 4.78 is 0. The molecule has 1 N–H and O–H groups in total. The van der Waals surface area contributed by atoms with Gasteiger partial charge in [-0.1, -0.05) is 0 Å². The van der Waals surface area contributed by atoms with Crippen molar-refractivity contribution in [3.63, 3.8) is 0 Å². The SMILES string of the molecule is O=C1CCN(CC(=O)N2CCC[C@@H](c3nccs3)C2)C(=O)N1. The van der Waals surface area contributed by atoms with Crippen molar-refractivity contribution in [2.45, 2.75) is 25.2 Å². The number of carbonyl (C=O) groups excluding carboxylic acids is 3. The maximum atomic E-state index is 12.4. The summed E-state index contributed by atoms with van der Waals surface area (Å²) in [7, 11) is 0. The number of urea groups is 1. The molecule has 22 heavy (non-hydrogen) atoms. The summed E-state index contributed by atoms with van der Waals surface area (Å²) >= 11 is 1.62. The normalized spacial score (nSPS) is 22.6. The van der Waals surface area contributed by atoms with Gasteiger partial charge in [0.05, 0.1) is 5.01 Å². The average Bonchev–Trinajstić information content (AvgIpc) is 3.04. The second kappa shape index (κ2) is 6.43. The number of hydrogen-bond donors (Lipinski definition) is 1. The van der Waals surface area contributed by atoms with Crippen LogP contribution in [-0.2, 0) is 9.59 Å². The molecule has 0 aromatic carbocycles. The Bertz CT molecular complexity index is 575. The van der Waals surface area contributed by atoms with Crippen molar-refractivity contribution in [3.05, 3.63) is 16.6 Å². The number of rotatable bonds is 3. The van der Waals surface area contributed by atoms with E-state index in [0.29, 0.717) is 13.1 Å². The topological polar surface area (TPSA) is 82.6 Å². The van der Waals surface area contributed by atoms with Gasteiger partial charge in [-0.3, -0.25) is 14.9 Å². The number of thiazole rings is 1. The van der Waals surface area contributed by atoms with E-state index in [2.05, 4.69) is 10.3 Å². The molecule has 0 radical (unpaired) electrons. The van der Waals surface area contributed by atoms with Crippen LogP contribution in [0.1, 0.15) is 30.2 Å². The molecule has 2 fully saturated rings. The highest BCUT2D eigenvalue weighted by Gasteiger charge is 2.30. The van der Waals surface area contributed by atoms with E-state index in [9.17, 15) is 14.4 Å².